The first kappa shape index (κ1) is 20.6. The summed E-state index contributed by atoms with van der Waals surface area (Å²) in [6, 6.07) is 7.57. The van der Waals surface area contributed by atoms with E-state index in [0.29, 0.717) is 37.6 Å². The summed E-state index contributed by atoms with van der Waals surface area (Å²) in [4.78, 5) is 29.4. The Morgan fingerprint density at radius 2 is 1.79 bits per heavy atom. The number of ether oxygens (including phenoxy) is 3. The highest BCUT2D eigenvalue weighted by atomic mass is 16.5. The Labute approximate surface area is 166 Å². The quantitative estimate of drug-likeness (QED) is 0.743. The highest BCUT2D eigenvalue weighted by Gasteiger charge is 2.34. The first-order valence-electron chi connectivity index (χ1n) is 9.95. The van der Waals surface area contributed by atoms with Crippen LogP contribution in [0.15, 0.2) is 24.3 Å². The number of amides is 2. The molecule has 0 bridgehead atoms. The molecule has 0 atom stereocenters. The number of hydrogen-bond acceptors (Lipinski definition) is 5. The zero-order chi connectivity index (χ0) is 19.9. The summed E-state index contributed by atoms with van der Waals surface area (Å²) in [5.41, 5.74) is 0.634. The first-order chi connectivity index (χ1) is 13.6. The van der Waals surface area contributed by atoms with Gasteiger partial charge >= 0.3 is 0 Å². The number of piperidine rings is 1. The van der Waals surface area contributed by atoms with E-state index < -0.39 is 0 Å². The standard InChI is InChI=1S/C21H30N2O5/c1-26-15-20(24)23(18-8-12-28-13-9-18)17-6-10-22(11-7-17)21(25)16-4-3-5-19(14-16)27-2/h3-5,14,17-18H,6-13,15H2,1-2H3. The van der Waals surface area contributed by atoms with Crippen molar-refractivity contribution in [1.29, 1.82) is 0 Å². The lowest BCUT2D eigenvalue weighted by atomic mass is 9.97. The molecule has 154 valence electrons. The summed E-state index contributed by atoms with van der Waals surface area (Å²) in [6.45, 7) is 2.75. The van der Waals surface area contributed by atoms with Gasteiger partial charge in [0.25, 0.3) is 5.91 Å². The largest absolute Gasteiger partial charge is 0.497 e. The highest BCUT2D eigenvalue weighted by molar-refractivity contribution is 5.94. The smallest absolute Gasteiger partial charge is 0.253 e. The third-order valence-corrected chi connectivity index (χ3v) is 5.60. The Morgan fingerprint density at radius 3 is 2.43 bits per heavy atom. The Kier molecular flexibility index (Phi) is 7.28. The summed E-state index contributed by atoms with van der Waals surface area (Å²) in [7, 11) is 3.15. The van der Waals surface area contributed by atoms with Crippen molar-refractivity contribution in [2.24, 2.45) is 0 Å². The second kappa shape index (κ2) is 9.89. The summed E-state index contributed by atoms with van der Waals surface area (Å²) in [5, 5.41) is 0. The van der Waals surface area contributed by atoms with Gasteiger partial charge in [0.15, 0.2) is 0 Å². The number of rotatable bonds is 6. The highest BCUT2D eigenvalue weighted by Crippen LogP contribution is 2.25. The van der Waals surface area contributed by atoms with Crippen molar-refractivity contribution >= 4 is 11.8 Å². The molecule has 2 amide bonds. The molecule has 28 heavy (non-hydrogen) atoms. The van der Waals surface area contributed by atoms with Crippen LogP contribution in [0.3, 0.4) is 0 Å². The topological polar surface area (TPSA) is 68.3 Å². The number of carbonyl (C=O) groups excluding carboxylic acids is 2. The molecule has 3 rings (SSSR count). The van der Waals surface area contributed by atoms with Crippen molar-refractivity contribution in [2.75, 3.05) is 47.1 Å². The van der Waals surface area contributed by atoms with Crippen molar-refractivity contribution in [2.45, 2.75) is 37.8 Å². The van der Waals surface area contributed by atoms with Crippen LogP contribution in [0.1, 0.15) is 36.0 Å². The van der Waals surface area contributed by atoms with Gasteiger partial charge < -0.3 is 24.0 Å². The molecule has 0 unspecified atom stereocenters. The van der Waals surface area contributed by atoms with Gasteiger partial charge in [-0.05, 0) is 43.9 Å². The van der Waals surface area contributed by atoms with E-state index in [1.165, 1.54) is 0 Å². The molecule has 0 saturated carbocycles. The average molecular weight is 390 g/mol. The van der Waals surface area contributed by atoms with Crippen LogP contribution >= 0.6 is 0 Å². The monoisotopic (exact) mass is 390 g/mol. The van der Waals surface area contributed by atoms with Gasteiger partial charge in [-0.3, -0.25) is 9.59 Å². The summed E-state index contributed by atoms with van der Waals surface area (Å²) in [5.74, 6) is 0.724. The van der Waals surface area contributed by atoms with E-state index in [9.17, 15) is 9.59 Å². The van der Waals surface area contributed by atoms with Gasteiger partial charge in [0.1, 0.15) is 12.4 Å². The Morgan fingerprint density at radius 1 is 1.11 bits per heavy atom. The minimum atomic E-state index is 0.0122. The maximum absolute atomic E-state index is 12.8. The molecule has 0 aliphatic carbocycles. The van der Waals surface area contributed by atoms with E-state index in [-0.39, 0.29) is 30.5 Å². The van der Waals surface area contributed by atoms with E-state index in [0.717, 1.165) is 25.7 Å². The SMILES string of the molecule is COCC(=O)N(C1CCOCC1)C1CCN(C(=O)c2cccc(OC)c2)CC1. The van der Waals surface area contributed by atoms with Crippen molar-refractivity contribution in [3.05, 3.63) is 29.8 Å². The Balaban J connectivity index is 1.64. The van der Waals surface area contributed by atoms with Crippen LogP contribution in [0.2, 0.25) is 0 Å². The van der Waals surface area contributed by atoms with Crippen molar-refractivity contribution in [3.8, 4) is 5.75 Å². The number of methoxy groups -OCH3 is 2. The number of likely N-dealkylation sites (tertiary alicyclic amines) is 1. The predicted molar refractivity (Wildman–Crippen MR) is 104 cm³/mol. The zero-order valence-electron chi connectivity index (χ0n) is 16.8. The number of carbonyl (C=O) groups is 2. The lowest BCUT2D eigenvalue weighted by Crippen LogP contribution is -2.54. The fraction of sp³-hybridized carbons (Fsp3) is 0.619. The van der Waals surface area contributed by atoms with Crippen LogP contribution < -0.4 is 4.74 Å². The predicted octanol–water partition coefficient (Wildman–Crippen LogP) is 1.95. The molecule has 0 radical (unpaired) electrons. The molecule has 0 aromatic heterocycles. The third kappa shape index (κ3) is 4.83. The second-order valence-corrected chi connectivity index (χ2v) is 7.33. The molecular formula is C21H30N2O5. The van der Waals surface area contributed by atoms with Crippen LogP contribution in [0, 0.1) is 0 Å². The fourth-order valence-electron chi connectivity index (χ4n) is 4.15. The van der Waals surface area contributed by atoms with Gasteiger partial charge in [-0.2, -0.15) is 0 Å². The van der Waals surface area contributed by atoms with Gasteiger partial charge in [0.05, 0.1) is 7.11 Å². The minimum Gasteiger partial charge on any atom is -0.497 e. The molecule has 1 aromatic rings. The van der Waals surface area contributed by atoms with E-state index >= 15 is 0 Å². The summed E-state index contributed by atoms with van der Waals surface area (Å²) in [6.07, 6.45) is 3.28. The van der Waals surface area contributed by atoms with Crippen LogP contribution in [-0.4, -0.2) is 80.8 Å². The van der Waals surface area contributed by atoms with Crippen LogP contribution in [0.4, 0.5) is 0 Å². The maximum atomic E-state index is 12.8. The van der Waals surface area contributed by atoms with E-state index in [1.54, 1.807) is 20.3 Å². The molecule has 7 heteroatoms. The molecule has 7 nitrogen and oxygen atoms in total. The van der Waals surface area contributed by atoms with Gasteiger partial charge in [-0.25, -0.2) is 0 Å². The lowest BCUT2D eigenvalue weighted by molar-refractivity contribution is -0.143. The Bertz CT molecular complexity index is 667. The second-order valence-electron chi connectivity index (χ2n) is 7.33. The maximum Gasteiger partial charge on any atom is 0.253 e. The van der Waals surface area contributed by atoms with Crippen molar-refractivity contribution in [1.82, 2.24) is 9.80 Å². The van der Waals surface area contributed by atoms with Crippen LogP contribution in [0.25, 0.3) is 0 Å². The third-order valence-electron chi connectivity index (χ3n) is 5.60. The zero-order valence-corrected chi connectivity index (χ0v) is 16.8. The van der Waals surface area contributed by atoms with Crippen LogP contribution in [-0.2, 0) is 14.3 Å². The van der Waals surface area contributed by atoms with E-state index in [1.807, 2.05) is 28.0 Å². The first-order valence-corrected chi connectivity index (χ1v) is 9.95. The van der Waals surface area contributed by atoms with Crippen molar-refractivity contribution in [3.63, 3.8) is 0 Å². The van der Waals surface area contributed by atoms with Crippen LogP contribution in [0.5, 0.6) is 5.75 Å². The van der Waals surface area contributed by atoms with Gasteiger partial charge in [0, 0.05) is 51.1 Å². The van der Waals surface area contributed by atoms with Gasteiger partial charge in [-0.1, -0.05) is 6.07 Å². The molecule has 2 aliphatic rings. The van der Waals surface area contributed by atoms with Crippen molar-refractivity contribution < 1.29 is 23.8 Å². The molecule has 2 heterocycles. The summed E-state index contributed by atoms with van der Waals surface area (Å²) >= 11 is 0. The molecule has 2 aliphatic heterocycles. The summed E-state index contributed by atoms with van der Waals surface area (Å²) < 4.78 is 15.8. The molecule has 2 saturated heterocycles. The number of hydrogen-bond donors (Lipinski definition) is 0. The van der Waals surface area contributed by atoms with Gasteiger partial charge in [-0.15, -0.1) is 0 Å². The lowest BCUT2D eigenvalue weighted by Gasteiger charge is -2.43. The molecular weight excluding hydrogens is 360 g/mol. The van der Waals surface area contributed by atoms with E-state index in [4.69, 9.17) is 14.2 Å². The molecule has 0 N–H and O–H groups in total. The molecule has 2 fully saturated rings. The Hall–Kier alpha value is -2.12. The normalized spacial score (nSPS) is 18.7. The average Bonchev–Trinajstić information content (AvgIpc) is 2.75. The molecule has 1 aromatic carbocycles. The van der Waals surface area contributed by atoms with Gasteiger partial charge in [0.2, 0.25) is 5.91 Å². The fourth-order valence-corrected chi connectivity index (χ4v) is 4.15. The minimum absolute atomic E-state index is 0.0122. The molecule has 0 spiro atoms. The number of benzene rings is 1. The van der Waals surface area contributed by atoms with E-state index in [2.05, 4.69) is 0 Å². The number of nitrogens with zero attached hydrogens (tertiary/aromatic N) is 2.